The summed E-state index contributed by atoms with van der Waals surface area (Å²) >= 11 is 0. The smallest absolute Gasteiger partial charge is 0.220 e. The van der Waals surface area contributed by atoms with E-state index in [0.29, 0.717) is 12.8 Å². The van der Waals surface area contributed by atoms with Gasteiger partial charge in [0.25, 0.3) is 0 Å². The van der Waals surface area contributed by atoms with E-state index in [1.807, 2.05) is 31.2 Å². The highest BCUT2D eigenvalue weighted by Gasteiger charge is 2.49. The van der Waals surface area contributed by atoms with Gasteiger partial charge < -0.3 is 15.8 Å². The standard InChI is InChI=1S/C17H26N2O2/c1-4-21-15-11-14(17(15,2)3)19-16(20)10-9-12-7-5-6-8-13(12)18/h5-8,14-15H,4,9-11,18H2,1-3H3,(H,19,20). The number of aryl methyl sites for hydroxylation is 1. The number of hydrogen-bond acceptors (Lipinski definition) is 3. The van der Waals surface area contributed by atoms with Crippen LogP contribution in [0.5, 0.6) is 0 Å². The van der Waals surface area contributed by atoms with Crippen molar-refractivity contribution >= 4 is 11.6 Å². The van der Waals surface area contributed by atoms with Crippen LogP contribution in [0.3, 0.4) is 0 Å². The highest BCUT2D eigenvalue weighted by Crippen LogP contribution is 2.42. The lowest BCUT2D eigenvalue weighted by Crippen LogP contribution is -2.62. The Morgan fingerprint density at radius 2 is 2.14 bits per heavy atom. The second-order valence-electron chi connectivity index (χ2n) is 6.32. The maximum absolute atomic E-state index is 12.1. The molecule has 0 aromatic heterocycles. The predicted octanol–water partition coefficient (Wildman–Crippen LogP) is 2.52. The fraction of sp³-hybridized carbons (Fsp3) is 0.588. The zero-order valence-corrected chi connectivity index (χ0v) is 13.2. The first kappa shape index (κ1) is 15.8. The van der Waals surface area contributed by atoms with Crippen LogP contribution < -0.4 is 11.1 Å². The summed E-state index contributed by atoms with van der Waals surface area (Å²) in [6.45, 7) is 7.03. The first-order valence-electron chi connectivity index (χ1n) is 7.69. The molecule has 0 saturated heterocycles. The molecule has 0 spiro atoms. The molecular formula is C17H26N2O2. The summed E-state index contributed by atoms with van der Waals surface area (Å²) in [4.78, 5) is 12.1. The molecule has 1 aliphatic carbocycles. The van der Waals surface area contributed by atoms with Crippen LogP contribution in [0.2, 0.25) is 0 Å². The van der Waals surface area contributed by atoms with E-state index in [-0.39, 0.29) is 23.5 Å². The second kappa shape index (κ2) is 6.48. The highest BCUT2D eigenvalue weighted by molar-refractivity contribution is 5.77. The summed E-state index contributed by atoms with van der Waals surface area (Å²) in [5, 5.41) is 3.12. The molecule has 3 N–H and O–H groups in total. The van der Waals surface area contributed by atoms with Crippen LogP contribution in [0.1, 0.15) is 39.2 Å². The second-order valence-corrected chi connectivity index (χ2v) is 6.32. The fourth-order valence-electron chi connectivity index (χ4n) is 2.89. The molecular weight excluding hydrogens is 264 g/mol. The zero-order valence-electron chi connectivity index (χ0n) is 13.2. The van der Waals surface area contributed by atoms with Crippen molar-refractivity contribution in [3.05, 3.63) is 29.8 Å². The molecule has 2 rings (SSSR count). The molecule has 1 aromatic carbocycles. The van der Waals surface area contributed by atoms with Crippen LogP contribution in [0.25, 0.3) is 0 Å². The maximum Gasteiger partial charge on any atom is 0.220 e. The van der Waals surface area contributed by atoms with Crippen LogP contribution >= 0.6 is 0 Å². The topological polar surface area (TPSA) is 64.3 Å². The molecule has 1 amide bonds. The summed E-state index contributed by atoms with van der Waals surface area (Å²) in [6.07, 6.45) is 2.30. The molecule has 2 atom stereocenters. The van der Waals surface area contributed by atoms with Crippen molar-refractivity contribution in [2.75, 3.05) is 12.3 Å². The number of carbonyl (C=O) groups excluding carboxylic acids is 1. The van der Waals surface area contributed by atoms with Gasteiger partial charge in [-0.3, -0.25) is 4.79 Å². The fourth-order valence-corrected chi connectivity index (χ4v) is 2.89. The zero-order chi connectivity index (χ0) is 15.5. The number of amides is 1. The van der Waals surface area contributed by atoms with Crippen molar-refractivity contribution in [2.45, 2.75) is 52.2 Å². The number of hydrogen-bond donors (Lipinski definition) is 2. The Hall–Kier alpha value is -1.55. The number of nitrogens with one attached hydrogen (secondary N) is 1. The summed E-state index contributed by atoms with van der Waals surface area (Å²) in [5.41, 5.74) is 7.69. The van der Waals surface area contributed by atoms with Crippen molar-refractivity contribution in [1.82, 2.24) is 5.32 Å². The Bertz CT molecular complexity index is 499. The number of benzene rings is 1. The van der Waals surface area contributed by atoms with Crippen molar-refractivity contribution in [3.8, 4) is 0 Å². The van der Waals surface area contributed by atoms with Gasteiger partial charge in [0.1, 0.15) is 0 Å². The number of rotatable bonds is 6. The quantitative estimate of drug-likeness (QED) is 0.791. The van der Waals surface area contributed by atoms with E-state index < -0.39 is 0 Å². The van der Waals surface area contributed by atoms with Gasteiger partial charge in [-0.15, -0.1) is 0 Å². The predicted molar refractivity (Wildman–Crippen MR) is 84.9 cm³/mol. The minimum absolute atomic E-state index is 0.0114. The molecule has 116 valence electrons. The van der Waals surface area contributed by atoms with Gasteiger partial charge >= 0.3 is 0 Å². The van der Waals surface area contributed by atoms with Crippen LogP contribution in [0.4, 0.5) is 5.69 Å². The SMILES string of the molecule is CCOC1CC(NC(=O)CCc2ccccc2N)C1(C)C. The van der Waals surface area contributed by atoms with Crippen LogP contribution in [0, 0.1) is 5.41 Å². The van der Waals surface area contributed by atoms with Gasteiger partial charge in [-0.25, -0.2) is 0 Å². The van der Waals surface area contributed by atoms with Gasteiger partial charge in [-0.05, 0) is 31.4 Å². The average molecular weight is 290 g/mol. The third kappa shape index (κ3) is 3.56. The number of ether oxygens (including phenoxy) is 1. The Labute approximate surface area is 127 Å². The molecule has 0 heterocycles. The molecule has 2 unspecified atom stereocenters. The lowest BCUT2D eigenvalue weighted by Gasteiger charge is -2.51. The Balaban J connectivity index is 1.80. The van der Waals surface area contributed by atoms with E-state index in [4.69, 9.17) is 10.5 Å². The molecule has 0 bridgehead atoms. The van der Waals surface area contributed by atoms with Crippen LogP contribution in [-0.4, -0.2) is 24.7 Å². The Morgan fingerprint density at radius 3 is 2.76 bits per heavy atom. The first-order valence-corrected chi connectivity index (χ1v) is 7.69. The van der Waals surface area contributed by atoms with E-state index in [1.165, 1.54) is 0 Å². The minimum atomic E-state index is 0.0114. The maximum atomic E-state index is 12.1. The molecule has 1 fully saturated rings. The Morgan fingerprint density at radius 1 is 1.43 bits per heavy atom. The molecule has 1 aromatic rings. The number of para-hydroxylation sites is 1. The first-order chi connectivity index (χ1) is 9.95. The molecule has 0 radical (unpaired) electrons. The lowest BCUT2D eigenvalue weighted by atomic mass is 9.64. The summed E-state index contributed by atoms with van der Waals surface area (Å²) in [6, 6.07) is 7.90. The van der Waals surface area contributed by atoms with E-state index in [1.54, 1.807) is 0 Å². The van der Waals surface area contributed by atoms with Crippen molar-refractivity contribution in [3.63, 3.8) is 0 Å². The van der Waals surface area contributed by atoms with E-state index in [9.17, 15) is 4.79 Å². The molecule has 4 heteroatoms. The summed E-state index contributed by atoms with van der Waals surface area (Å²) < 4.78 is 5.68. The van der Waals surface area contributed by atoms with Gasteiger partial charge in [-0.2, -0.15) is 0 Å². The Kier molecular flexibility index (Phi) is 4.88. The van der Waals surface area contributed by atoms with Crippen LogP contribution in [-0.2, 0) is 16.0 Å². The highest BCUT2D eigenvalue weighted by atomic mass is 16.5. The summed E-state index contributed by atoms with van der Waals surface area (Å²) in [7, 11) is 0. The van der Waals surface area contributed by atoms with Gasteiger partial charge in [-0.1, -0.05) is 32.0 Å². The minimum Gasteiger partial charge on any atom is -0.399 e. The number of anilines is 1. The van der Waals surface area contributed by atoms with Gasteiger partial charge in [0.2, 0.25) is 5.91 Å². The van der Waals surface area contributed by atoms with Gasteiger partial charge in [0.15, 0.2) is 0 Å². The third-order valence-electron chi connectivity index (χ3n) is 4.56. The number of nitrogen functional groups attached to an aromatic ring is 1. The van der Waals surface area contributed by atoms with Crippen molar-refractivity contribution < 1.29 is 9.53 Å². The molecule has 1 saturated carbocycles. The van der Waals surface area contributed by atoms with Crippen LogP contribution in [0.15, 0.2) is 24.3 Å². The van der Waals surface area contributed by atoms with Crippen molar-refractivity contribution in [2.24, 2.45) is 5.41 Å². The number of carbonyl (C=O) groups is 1. The lowest BCUT2D eigenvalue weighted by molar-refractivity contribution is -0.136. The molecule has 1 aliphatic rings. The van der Waals surface area contributed by atoms with Crippen molar-refractivity contribution in [1.29, 1.82) is 0 Å². The van der Waals surface area contributed by atoms with Gasteiger partial charge in [0, 0.05) is 30.2 Å². The molecule has 21 heavy (non-hydrogen) atoms. The largest absolute Gasteiger partial charge is 0.399 e. The average Bonchev–Trinajstić information content (AvgIpc) is 2.45. The van der Waals surface area contributed by atoms with E-state index in [0.717, 1.165) is 24.3 Å². The normalized spacial score (nSPS) is 23.4. The summed E-state index contributed by atoms with van der Waals surface area (Å²) in [5.74, 6) is 0.0891. The monoisotopic (exact) mass is 290 g/mol. The van der Waals surface area contributed by atoms with E-state index >= 15 is 0 Å². The third-order valence-corrected chi connectivity index (χ3v) is 4.56. The van der Waals surface area contributed by atoms with E-state index in [2.05, 4.69) is 19.2 Å². The molecule has 0 aliphatic heterocycles. The van der Waals surface area contributed by atoms with Gasteiger partial charge in [0.05, 0.1) is 6.10 Å². The molecule has 4 nitrogen and oxygen atoms in total. The number of nitrogens with two attached hydrogens (primary N) is 1.